The summed E-state index contributed by atoms with van der Waals surface area (Å²) in [5.41, 5.74) is 0. The van der Waals surface area contributed by atoms with Crippen molar-refractivity contribution in [2.45, 2.75) is 0 Å². The maximum atomic E-state index is 4.22. The topological polar surface area (TPSA) is 41.6 Å². The van der Waals surface area contributed by atoms with Gasteiger partial charge in [0.25, 0.3) is 0 Å². The maximum absolute atomic E-state index is 4.22. The lowest BCUT2D eigenvalue weighted by Crippen LogP contribution is -1.71. The first-order chi connectivity index (χ1) is 6.93. The Bertz CT molecular complexity index is 521. The first-order valence-corrected chi connectivity index (χ1v) is 5.08. The number of hydrogen-bond acceptors (Lipinski definition) is 3. The molecule has 0 radical (unpaired) electrons. The molecule has 3 heterocycles. The van der Waals surface area contributed by atoms with E-state index in [4.69, 9.17) is 0 Å². The molecule has 3 nitrogen and oxygen atoms in total. The van der Waals surface area contributed by atoms with E-state index in [1.165, 1.54) is 10.1 Å². The number of nitrogens with zero attached hydrogens (tertiary/aromatic N) is 2. The molecule has 0 fully saturated rings. The van der Waals surface area contributed by atoms with Crippen molar-refractivity contribution < 1.29 is 0 Å². The van der Waals surface area contributed by atoms with Crippen molar-refractivity contribution in [1.29, 1.82) is 0 Å². The van der Waals surface area contributed by atoms with Gasteiger partial charge < -0.3 is 4.98 Å². The average molecular weight is 201 g/mol. The largest absolute Gasteiger partial charge is 0.344 e. The smallest absolute Gasteiger partial charge is 0.147 e. The van der Waals surface area contributed by atoms with Crippen LogP contribution in [0.15, 0.2) is 36.9 Å². The third-order valence-electron chi connectivity index (χ3n) is 2.05. The molecule has 14 heavy (non-hydrogen) atoms. The maximum Gasteiger partial charge on any atom is 0.147 e. The average Bonchev–Trinajstić information content (AvgIpc) is 2.86. The van der Waals surface area contributed by atoms with Crippen LogP contribution in [0.4, 0.5) is 0 Å². The number of aromatic nitrogens is 3. The van der Waals surface area contributed by atoms with Crippen LogP contribution in [-0.4, -0.2) is 15.0 Å². The molecule has 1 N–H and O–H groups in total. The molecule has 3 aromatic rings. The number of pyridine rings is 1. The fourth-order valence-corrected chi connectivity index (χ4v) is 2.39. The number of hydrogen-bond donors (Lipinski definition) is 1. The fraction of sp³-hybridized carbons (Fsp3) is 0. The van der Waals surface area contributed by atoms with Crippen LogP contribution < -0.4 is 0 Å². The first-order valence-electron chi connectivity index (χ1n) is 4.27. The lowest BCUT2D eigenvalue weighted by Gasteiger charge is -1.85. The molecule has 0 bridgehead atoms. The lowest BCUT2D eigenvalue weighted by molar-refractivity contribution is 1.33. The molecular weight excluding hydrogens is 194 g/mol. The minimum atomic E-state index is 0.922. The Morgan fingerprint density at radius 1 is 1.29 bits per heavy atom. The minimum Gasteiger partial charge on any atom is -0.344 e. The summed E-state index contributed by atoms with van der Waals surface area (Å²) in [6.45, 7) is 0. The first kappa shape index (κ1) is 7.70. The van der Waals surface area contributed by atoms with Gasteiger partial charge in [0.1, 0.15) is 5.82 Å². The summed E-state index contributed by atoms with van der Waals surface area (Å²) >= 11 is 1.70. The van der Waals surface area contributed by atoms with E-state index in [0.29, 0.717) is 0 Å². The van der Waals surface area contributed by atoms with Crippen LogP contribution in [0.5, 0.6) is 0 Å². The SMILES string of the molecule is c1cc2cc(-c3ncc[nH]3)sc2cn1. The van der Waals surface area contributed by atoms with E-state index in [1.807, 2.05) is 18.5 Å². The van der Waals surface area contributed by atoms with E-state index < -0.39 is 0 Å². The third kappa shape index (κ3) is 1.12. The normalized spacial score (nSPS) is 10.9. The van der Waals surface area contributed by atoms with Crippen molar-refractivity contribution in [3.63, 3.8) is 0 Å². The van der Waals surface area contributed by atoms with Gasteiger partial charge in [0, 0.05) is 24.8 Å². The summed E-state index contributed by atoms with van der Waals surface area (Å²) in [6.07, 6.45) is 7.28. The number of rotatable bonds is 1. The minimum absolute atomic E-state index is 0.922. The van der Waals surface area contributed by atoms with E-state index >= 15 is 0 Å². The molecular formula is C10H7N3S. The van der Waals surface area contributed by atoms with Crippen molar-refractivity contribution in [3.8, 4) is 10.7 Å². The molecule has 3 rings (SSSR count). The van der Waals surface area contributed by atoms with Crippen LogP contribution in [0.3, 0.4) is 0 Å². The van der Waals surface area contributed by atoms with E-state index in [-0.39, 0.29) is 0 Å². The van der Waals surface area contributed by atoms with Crippen molar-refractivity contribution in [3.05, 3.63) is 36.9 Å². The van der Waals surface area contributed by atoms with Gasteiger partial charge in [0.05, 0.1) is 9.58 Å². The Labute approximate surface area is 84.5 Å². The Kier molecular flexibility index (Phi) is 1.61. The summed E-state index contributed by atoms with van der Waals surface area (Å²) in [4.78, 5) is 12.5. The van der Waals surface area contributed by atoms with Crippen LogP contribution in [0.25, 0.3) is 20.8 Å². The van der Waals surface area contributed by atoms with Gasteiger partial charge in [-0.3, -0.25) is 4.98 Å². The standard InChI is InChI=1S/C10H7N3S/c1-2-11-6-9-7(1)5-8(14-9)10-12-3-4-13-10/h1-6H,(H,12,13). The fourth-order valence-electron chi connectivity index (χ4n) is 1.40. The second kappa shape index (κ2) is 2.92. The summed E-state index contributed by atoms with van der Waals surface area (Å²) < 4.78 is 1.19. The molecule has 0 spiro atoms. The number of imidazole rings is 1. The van der Waals surface area contributed by atoms with Gasteiger partial charge >= 0.3 is 0 Å². The van der Waals surface area contributed by atoms with Gasteiger partial charge in [0.2, 0.25) is 0 Å². The molecule has 0 atom stereocenters. The van der Waals surface area contributed by atoms with Gasteiger partial charge in [-0.15, -0.1) is 11.3 Å². The predicted molar refractivity (Wildman–Crippen MR) is 57.2 cm³/mol. The zero-order valence-corrected chi connectivity index (χ0v) is 8.08. The zero-order chi connectivity index (χ0) is 9.38. The van der Waals surface area contributed by atoms with Crippen molar-refractivity contribution >= 4 is 21.4 Å². The molecule has 68 valence electrons. The molecule has 3 aromatic heterocycles. The monoisotopic (exact) mass is 201 g/mol. The number of nitrogens with one attached hydrogen (secondary N) is 1. The van der Waals surface area contributed by atoms with E-state index in [9.17, 15) is 0 Å². The van der Waals surface area contributed by atoms with Gasteiger partial charge in [-0.2, -0.15) is 0 Å². The quantitative estimate of drug-likeness (QED) is 0.657. The Morgan fingerprint density at radius 3 is 3.07 bits per heavy atom. The number of H-pyrrole nitrogens is 1. The van der Waals surface area contributed by atoms with E-state index in [2.05, 4.69) is 21.0 Å². The summed E-state index contributed by atoms with van der Waals surface area (Å²) in [5, 5.41) is 1.22. The molecule has 0 saturated heterocycles. The van der Waals surface area contributed by atoms with Crippen LogP contribution in [0.2, 0.25) is 0 Å². The highest BCUT2D eigenvalue weighted by Crippen LogP contribution is 2.30. The van der Waals surface area contributed by atoms with Crippen LogP contribution in [0, 0.1) is 0 Å². The molecule has 0 aliphatic carbocycles. The molecule has 0 amide bonds. The lowest BCUT2D eigenvalue weighted by atomic mass is 10.3. The van der Waals surface area contributed by atoms with Gasteiger partial charge in [-0.25, -0.2) is 4.98 Å². The van der Waals surface area contributed by atoms with E-state index in [0.717, 1.165) is 10.7 Å². The van der Waals surface area contributed by atoms with Crippen LogP contribution in [-0.2, 0) is 0 Å². The Hall–Kier alpha value is -1.68. The molecule has 0 aliphatic rings. The summed E-state index contributed by atoms with van der Waals surface area (Å²) in [5.74, 6) is 0.922. The second-order valence-corrected chi connectivity index (χ2v) is 4.05. The molecule has 0 aromatic carbocycles. The Morgan fingerprint density at radius 2 is 2.29 bits per heavy atom. The molecule has 0 unspecified atom stereocenters. The van der Waals surface area contributed by atoms with Crippen molar-refractivity contribution in [2.24, 2.45) is 0 Å². The van der Waals surface area contributed by atoms with E-state index in [1.54, 1.807) is 23.7 Å². The second-order valence-electron chi connectivity index (χ2n) is 2.96. The van der Waals surface area contributed by atoms with Gasteiger partial charge in [-0.1, -0.05) is 0 Å². The van der Waals surface area contributed by atoms with Gasteiger partial charge in [-0.05, 0) is 17.5 Å². The Balaban J connectivity index is 2.24. The van der Waals surface area contributed by atoms with Crippen molar-refractivity contribution in [2.75, 3.05) is 0 Å². The highest BCUT2D eigenvalue weighted by atomic mass is 32.1. The molecule has 0 saturated carbocycles. The highest BCUT2D eigenvalue weighted by Gasteiger charge is 2.04. The van der Waals surface area contributed by atoms with Crippen LogP contribution in [0.1, 0.15) is 0 Å². The molecule has 0 aliphatic heterocycles. The van der Waals surface area contributed by atoms with Gasteiger partial charge in [0.15, 0.2) is 0 Å². The number of fused-ring (bicyclic) bond motifs is 1. The summed E-state index contributed by atoms with van der Waals surface area (Å²) in [7, 11) is 0. The molecule has 4 heteroatoms. The predicted octanol–water partition coefficient (Wildman–Crippen LogP) is 2.69. The number of thiophene rings is 1. The van der Waals surface area contributed by atoms with Crippen molar-refractivity contribution in [1.82, 2.24) is 15.0 Å². The third-order valence-corrected chi connectivity index (χ3v) is 3.15. The highest BCUT2D eigenvalue weighted by molar-refractivity contribution is 7.22. The zero-order valence-electron chi connectivity index (χ0n) is 7.27. The van der Waals surface area contributed by atoms with Crippen LogP contribution >= 0.6 is 11.3 Å². The summed E-state index contributed by atoms with van der Waals surface area (Å²) in [6, 6.07) is 4.14. The number of aromatic amines is 1.